The third-order valence-corrected chi connectivity index (χ3v) is 9.29. The summed E-state index contributed by atoms with van der Waals surface area (Å²) in [4.78, 5) is 0. The summed E-state index contributed by atoms with van der Waals surface area (Å²) in [7, 11) is -2.95. The van der Waals surface area contributed by atoms with E-state index < -0.39 is 7.52 Å². The van der Waals surface area contributed by atoms with Crippen molar-refractivity contribution in [1.29, 1.82) is 0 Å². The average Bonchev–Trinajstić information content (AvgIpc) is 2.56. The van der Waals surface area contributed by atoms with Crippen LogP contribution in [0.25, 0.3) is 0 Å². The molecule has 1 fully saturated rings. The van der Waals surface area contributed by atoms with Crippen molar-refractivity contribution in [3.05, 3.63) is 23.8 Å². The molecule has 0 radical (unpaired) electrons. The molecule has 0 saturated heterocycles. The molecule has 0 spiro atoms. The fourth-order valence-corrected chi connectivity index (χ4v) is 7.45. The van der Waals surface area contributed by atoms with E-state index in [0.717, 1.165) is 25.9 Å². The molecule has 25 heavy (non-hydrogen) atoms. The van der Waals surface area contributed by atoms with E-state index in [-0.39, 0.29) is 11.8 Å². The number of nitrogens with zero attached hydrogens (tertiary/aromatic N) is 1. The molecule has 0 aromatic heterocycles. The minimum Gasteiger partial charge on any atom is -0.313 e. The lowest BCUT2D eigenvalue weighted by Crippen LogP contribution is -2.37. The number of rotatable bonds is 7. The monoisotopic (exact) mass is 367 g/mol. The Balaban J connectivity index is 2.35. The van der Waals surface area contributed by atoms with Gasteiger partial charge >= 0.3 is 0 Å². The quantitative estimate of drug-likeness (QED) is 0.392. The van der Waals surface area contributed by atoms with Crippen LogP contribution in [0.5, 0.6) is 0 Å². The van der Waals surface area contributed by atoms with Crippen molar-refractivity contribution in [1.82, 2.24) is 4.67 Å². The maximum atomic E-state index is 14.3. The first-order valence-corrected chi connectivity index (χ1v) is 11.8. The van der Waals surface area contributed by atoms with Gasteiger partial charge in [-0.05, 0) is 43.9 Å². The predicted octanol–water partition coefficient (Wildman–Crippen LogP) is 6.27. The van der Waals surface area contributed by atoms with Crippen LogP contribution in [0, 0.1) is 17.8 Å². The first-order chi connectivity index (χ1) is 11.8. The van der Waals surface area contributed by atoms with Gasteiger partial charge in [0.1, 0.15) is 0 Å². The van der Waals surface area contributed by atoms with Gasteiger partial charge in [-0.25, -0.2) is 4.67 Å². The van der Waals surface area contributed by atoms with Crippen LogP contribution in [0.2, 0.25) is 0 Å². The molecule has 0 aromatic carbocycles. The van der Waals surface area contributed by atoms with E-state index >= 15 is 0 Å². The van der Waals surface area contributed by atoms with E-state index in [1.165, 1.54) is 18.4 Å². The summed E-state index contributed by atoms with van der Waals surface area (Å²) in [6.07, 6.45) is 11.0. The predicted molar refractivity (Wildman–Crippen MR) is 108 cm³/mol. The molecule has 144 valence electrons. The first kappa shape index (κ1) is 20.9. The third kappa shape index (κ3) is 4.67. The first-order valence-electron chi connectivity index (χ1n) is 10.2. The van der Waals surface area contributed by atoms with Crippen LogP contribution in [0.1, 0.15) is 67.2 Å². The minimum absolute atomic E-state index is 0.0915. The lowest BCUT2D eigenvalue weighted by Gasteiger charge is -2.43. The highest BCUT2D eigenvalue weighted by molar-refractivity contribution is 7.57. The Kier molecular flexibility index (Phi) is 7.55. The fourth-order valence-electron chi connectivity index (χ4n) is 4.46. The fraction of sp³-hybridized carbons (Fsp3) is 0.810. The molecule has 2 aliphatic rings. The van der Waals surface area contributed by atoms with E-state index in [2.05, 4.69) is 64.4 Å². The molecule has 2 unspecified atom stereocenters. The number of hydrogen-bond donors (Lipinski definition) is 0. The van der Waals surface area contributed by atoms with Crippen LogP contribution in [0.4, 0.5) is 0 Å². The highest BCUT2D eigenvalue weighted by Crippen LogP contribution is 2.61. The van der Waals surface area contributed by atoms with E-state index in [1.807, 2.05) is 0 Å². The molecule has 3 nitrogen and oxygen atoms in total. The summed E-state index contributed by atoms with van der Waals surface area (Å²) in [5.74, 6) is 1.74. The Labute approximate surface area is 155 Å². The summed E-state index contributed by atoms with van der Waals surface area (Å²) in [6.45, 7) is 14.7. The molecule has 0 amide bonds. The zero-order chi connectivity index (χ0) is 18.6. The topological polar surface area (TPSA) is 29.5 Å². The van der Waals surface area contributed by atoms with Gasteiger partial charge in [0, 0.05) is 13.1 Å². The van der Waals surface area contributed by atoms with Crippen LogP contribution in [-0.4, -0.2) is 29.5 Å². The maximum Gasteiger partial charge on any atom is 0.283 e. The summed E-state index contributed by atoms with van der Waals surface area (Å²) in [5.41, 5.74) is 1.11. The van der Waals surface area contributed by atoms with Gasteiger partial charge in [0.25, 0.3) is 7.52 Å². The van der Waals surface area contributed by atoms with Crippen molar-refractivity contribution in [2.45, 2.75) is 79.0 Å². The molecule has 0 aliphatic heterocycles. The second-order valence-corrected chi connectivity index (χ2v) is 10.7. The van der Waals surface area contributed by atoms with Crippen LogP contribution >= 0.6 is 7.52 Å². The lowest BCUT2D eigenvalue weighted by atomic mass is 9.75. The van der Waals surface area contributed by atoms with Crippen LogP contribution < -0.4 is 0 Å². The van der Waals surface area contributed by atoms with Gasteiger partial charge in [0.05, 0.1) is 11.8 Å². The van der Waals surface area contributed by atoms with Crippen molar-refractivity contribution in [2.24, 2.45) is 17.8 Å². The molecule has 4 heteroatoms. The van der Waals surface area contributed by atoms with Gasteiger partial charge in [0.2, 0.25) is 0 Å². The molecule has 2 rings (SSSR count). The van der Waals surface area contributed by atoms with Crippen LogP contribution in [-0.2, 0) is 9.09 Å². The molecule has 0 heterocycles. The van der Waals surface area contributed by atoms with Crippen LogP contribution in [0.3, 0.4) is 0 Å². The SMILES string of the molecule is CCN(CC)P(=O)(O[C@@H]1C[C@H](C)CC[C@H]1C(C)C)C1C=CCC=C1C. The zero-order valence-electron chi connectivity index (χ0n) is 17.1. The average molecular weight is 368 g/mol. The van der Waals surface area contributed by atoms with Crippen molar-refractivity contribution >= 4 is 7.52 Å². The molecule has 2 aliphatic carbocycles. The van der Waals surface area contributed by atoms with Gasteiger partial charge in [0.15, 0.2) is 0 Å². The standard InChI is InChI=1S/C21H38NO2P/c1-7-22(8-2)25(23,21-12-10-9-11-18(21)6)24-20-15-17(5)13-14-19(20)16(3)4/h10-12,16-17,19-21H,7-9,13-15H2,1-6H3/t17-,19+,20-,21?,25?/m1/s1. The molecule has 0 aromatic rings. The highest BCUT2D eigenvalue weighted by atomic mass is 31.2. The molecule has 5 atom stereocenters. The van der Waals surface area contributed by atoms with Crippen molar-refractivity contribution in [3.63, 3.8) is 0 Å². The summed E-state index contributed by atoms with van der Waals surface area (Å²) in [6, 6.07) is 0. The van der Waals surface area contributed by atoms with Gasteiger partial charge in [-0.15, -0.1) is 0 Å². The largest absolute Gasteiger partial charge is 0.313 e. The normalized spacial score (nSPS) is 32.7. The van der Waals surface area contributed by atoms with E-state index in [0.29, 0.717) is 17.8 Å². The van der Waals surface area contributed by atoms with E-state index in [9.17, 15) is 4.57 Å². The molecule has 0 bridgehead atoms. The van der Waals surface area contributed by atoms with Gasteiger partial charge in [-0.3, -0.25) is 4.57 Å². The molecular formula is C21H38NO2P. The molecule has 0 N–H and O–H groups in total. The zero-order valence-corrected chi connectivity index (χ0v) is 18.0. The second kappa shape index (κ2) is 9.02. The number of allylic oxidation sites excluding steroid dienone is 4. The minimum atomic E-state index is -2.95. The smallest absolute Gasteiger partial charge is 0.283 e. The van der Waals surface area contributed by atoms with Gasteiger partial charge in [-0.2, -0.15) is 0 Å². The Morgan fingerprint density at radius 1 is 1.28 bits per heavy atom. The highest BCUT2D eigenvalue weighted by Gasteiger charge is 2.44. The summed E-state index contributed by atoms with van der Waals surface area (Å²) < 4.78 is 23.0. The summed E-state index contributed by atoms with van der Waals surface area (Å²) >= 11 is 0. The Hall–Kier alpha value is -0.370. The maximum absolute atomic E-state index is 14.3. The number of hydrogen-bond acceptors (Lipinski definition) is 2. The molecular weight excluding hydrogens is 329 g/mol. The summed E-state index contributed by atoms with van der Waals surface area (Å²) in [5, 5.41) is 0. The van der Waals surface area contributed by atoms with Crippen LogP contribution in [0.15, 0.2) is 23.8 Å². The molecule has 1 saturated carbocycles. The van der Waals surface area contributed by atoms with E-state index in [1.54, 1.807) is 0 Å². The van der Waals surface area contributed by atoms with Crippen molar-refractivity contribution in [3.8, 4) is 0 Å². The van der Waals surface area contributed by atoms with Crippen molar-refractivity contribution < 1.29 is 9.09 Å². The Morgan fingerprint density at radius 2 is 1.96 bits per heavy atom. The van der Waals surface area contributed by atoms with Crippen molar-refractivity contribution in [2.75, 3.05) is 13.1 Å². The second-order valence-electron chi connectivity index (χ2n) is 8.23. The third-order valence-electron chi connectivity index (χ3n) is 6.08. The van der Waals surface area contributed by atoms with Gasteiger partial charge < -0.3 is 4.52 Å². The Morgan fingerprint density at radius 3 is 2.52 bits per heavy atom. The van der Waals surface area contributed by atoms with E-state index in [4.69, 9.17) is 4.52 Å². The lowest BCUT2D eigenvalue weighted by molar-refractivity contribution is 0.0400. The Bertz CT molecular complexity index is 536. The van der Waals surface area contributed by atoms with Gasteiger partial charge in [-0.1, -0.05) is 64.8 Å².